The van der Waals surface area contributed by atoms with E-state index in [2.05, 4.69) is 0 Å². The summed E-state index contributed by atoms with van der Waals surface area (Å²) in [4.78, 5) is 29.0. The Morgan fingerprint density at radius 1 is 1.19 bits per heavy atom. The third kappa shape index (κ3) is 3.42. The van der Waals surface area contributed by atoms with E-state index in [1.165, 1.54) is 17.2 Å². The maximum Gasteiger partial charge on any atom is 0.277 e. The summed E-state index contributed by atoms with van der Waals surface area (Å²) in [5.41, 5.74) is 0.761. The molecule has 9 nitrogen and oxygen atoms in total. The number of fused-ring (bicyclic) bond motifs is 1. The number of nitrogens with zero attached hydrogens (tertiary/aromatic N) is 2. The van der Waals surface area contributed by atoms with Crippen molar-refractivity contribution >= 4 is 11.6 Å². The van der Waals surface area contributed by atoms with Crippen LogP contribution in [0.4, 0.5) is 5.69 Å². The average molecular weight is 372 g/mol. The molecular formula is C18H16N2O7. The Balaban J connectivity index is 1.56. The number of amides is 1. The zero-order valence-electron chi connectivity index (χ0n) is 14.4. The Labute approximate surface area is 154 Å². The van der Waals surface area contributed by atoms with Crippen LogP contribution in [0.15, 0.2) is 42.5 Å². The van der Waals surface area contributed by atoms with Crippen molar-refractivity contribution in [2.45, 2.75) is 19.3 Å². The molecule has 0 aliphatic carbocycles. The molecule has 0 aromatic heterocycles. The number of benzene rings is 2. The molecule has 2 aromatic rings. The summed E-state index contributed by atoms with van der Waals surface area (Å²) < 4.78 is 16.3. The Morgan fingerprint density at radius 3 is 2.81 bits per heavy atom. The van der Waals surface area contributed by atoms with E-state index in [-0.39, 0.29) is 31.0 Å². The van der Waals surface area contributed by atoms with Gasteiger partial charge in [0.2, 0.25) is 13.1 Å². The Morgan fingerprint density at radius 2 is 2.00 bits per heavy atom. The summed E-state index contributed by atoms with van der Waals surface area (Å²) in [6.45, 7) is 2.14. The molecule has 0 unspecified atom stereocenters. The fraction of sp³-hybridized carbons (Fsp3) is 0.278. The molecule has 0 bridgehead atoms. The second-order valence-corrected chi connectivity index (χ2v) is 6.17. The third-order valence-corrected chi connectivity index (χ3v) is 4.20. The number of carbonyl (C=O) groups excluding carboxylic acids is 1. The predicted octanol–water partition coefficient (Wildman–Crippen LogP) is 2.81. The number of hydrogen-bond donors (Lipinski definition) is 0. The van der Waals surface area contributed by atoms with Gasteiger partial charge in [-0.1, -0.05) is 12.1 Å². The van der Waals surface area contributed by atoms with Crippen molar-refractivity contribution in [3.8, 4) is 11.5 Å². The molecule has 0 spiro atoms. The molecule has 1 amide bonds. The Hall–Kier alpha value is -3.17. The van der Waals surface area contributed by atoms with Crippen molar-refractivity contribution in [1.82, 2.24) is 5.06 Å². The van der Waals surface area contributed by atoms with Crippen LogP contribution >= 0.6 is 0 Å². The van der Waals surface area contributed by atoms with Gasteiger partial charge in [0.15, 0.2) is 11.5 Å². The van der Waals surface area contributed by atoms with Crippen molar-refractivity contribution in [3.63, 3.8) is 0 Å². The van der Waals surface area contributed by atoms with Crippen LogP contribution < -0.4 is 9.47 Å². The topological polar surface area (TPSA) is 100 Å². The van der Waals surface area contributed by atoms with Crippen LogP contribution in [-0.2, 0) is 9.57 Å². The summed E-state index contributed by atoms with van der Waals surface area (Å²) >= 11 is 0. The number of nitro groups is 1. The van der Waals surface area contributed by atoms with E-state index < -0.39 is 11.2 Å². The van der Waals surface area contributed by atoms with E-state index in [0.717, 1.165) is 0 Å². The maximum absolute atomic E-state index is 12.8. The van der Waals surface area contributed by atoms with Crippen LogP contribution in [0.3, 0.4) is 0 Å². The molecule has 140 valence electrons. The van der Waals surface area contributed by atoms with Gasteiger partial charge in [0.25, 0.3) is 11.6 Å². The van der Waals surface area contributed by atoms with E-state index >= 15 is 0 Å². The van der Waals surface area contributed by atoms with Gasteiger partial charge in [0.1, 0.15) is 0 Å². The zero-order chi connectivity index (χ0) is 19.0. The van der Waals surface area contributed by atoms with Crippen molar-refractivity contribution < 1.29 is 28.8 Å². The SMILES string of the molecule is C[C@@H]1CN(C(=O)c2ccc3c(c2)OCO3)O[C@H](c2cccc([N+](=O)[O-])c2)O1. The molecule has 9 heteroatoms. The highest BCUT2D eigenvalue weighted by molar-refractivity contribution is 5.94. The smallest absolute Gasteiger partial charge is 0.277 e. The quantitative estimate of drug-likeness (QED) is 0.603. The predicted molar refractivity (Wildman–Crippen MR) is 91.1 cm³/mol. The van der Waals surface area contributed by atoms with Crippen LogP contribution in [0.1, 0.15) is 29.1 Å². The second-order valence-electron chi connectivity index (χ2n) is 6.17. The van der Waals surface area contributed by atoms with Gasteiger partial charge in [-0.25, -0.2) is 9.90 Å². The van der Waals surface area contributed by atoms with E-state index in [1.807, 2.05) is 0 Å². The highest BCUT2D eigenvalue weighted by atomic mass is 16.8. The van der Waals surface area contributed by atoms with Gasteiger partial charge in [-0.05, 0) is 25.1 Å². The van der Waals surface area contributed by atoms with Crippen molar-refractivity contribution in [2.75, 3.05) is 13.3 Å². The zero-order valence-corrected chi connectivity index (χ0v) is 14.4. The number of carbonyl (C=O) groups is 1. The monoisotopic (exact) mass is 372 g/mol. The van der Waals surface area contributed by atoms with Crippen LogP contribution in [0.2, 0.25) is 0 Å². The first-order valence-electron chi connectivity index (χ1n) is 8.29. The summed E-state index contributed by atoms with van der Waals surface area (Å²) in [5.74, 6) is 0.716. The van der Waals surface area contributed by atoms with Crippen molar-refractivity contribution in [3.05, 3.63) is 63.7 Å². The van der Waals surface area contributed by atoms with Gasteiger partial charge >= 0.3 is 0 Å². The standard InChI is InChI=1S/C18H16N2O7/c1-11-9-19(17(21)12-5-6-15-16(8-12)25-10-24-15)27-18(26-11)13-3-2-4-14(7-13)20(22)23/h2-8,11,18H,9-10H2,1H3/t11-,18-/m1/s1. The maximum atomic E-state index is 12.8. The molecule has 2 aliphatic rings. The molecule has 2 aliphatic heterocycles. The summed E-state index contributed by atoms with van der Waals surface area (Å²) in [6, 6.07) is 10.8. The van der Waals surface area contributed by atoms with Crippen LogP contribution in [-0.4, -0.2) is 35.3 Å². The molecule has 2 atom stereocenters. The molecule has 0 N–H and O–H groups in total. The molecular weight excluding hydrogens is 356 g/mol. The van der Waals surface area contributed by atoms with E-state index in [0.29, 0.717) is 22.6 Å². The van der Waals surface area contributed by atoms with Crippen LogP contribution in [0.5, 0.6) is 11.5 Å². The van der Waals surface area contributed by atoms with Crippen molar-refractivity contribution in [2.24, 2.45) is 0 Å². The van der Waals surface area contributed by atoms with Gasteiger partial charge in [0, 0.05) is 23.3 Å². The Bertz CT molecular complexity index is 901. The summed E-state index contributed by atoms with van der Waals surface area (Å²) in [5, 5.41) is 12.2. The molecule has 1 fully saturated rings. The number of non-ortho nitro benzene ring substituents is 1. The van der Waals surface area contributed by atoms with Gasteiger partial charge in [-0.2, -0.15) is 0 Å². The fourth-order valence-electron chi connectivity index (χ4n) is 2.90. The van der Waals surface area contributed by atoms with Crippen molar-refractivity contribution in [1.29, 1.82) is 0 Å². The average Bonchev–Trinajstić information content (AvgIpc) is 3.14. The minimum atomic E-state index is -0.924. The van der Waals surface area contributed by atoms with Crippen LogP contribution in [0, 0.1) is 10.1 Å². The van der Waals surface area contributed by atoms with Crippen LogP contribution in [0.25, 0.3) is 0 Å². The first-order valence-corrected chi connectivity index (χ1v) is 8.29. The van der Waals surface area contributed by atoms with Gasteiger partial charge in [-0.15, -0.1) is 0 Å². The van der Waals surface area contributed by atoms with Gasteiger partial charge in [0.05, 0.1) is 17.6 Å². The lowest BCUT2D eigenvalue weighted by Gasteiger charge is -2.36. The van der Waals surface area contributed by atoms with E-state index in [1.54, 1.807) is 37.3 Å². The minimum absolute atomic E-state index is 0.0772. The summed E-state index contributed by atoms with van der Waals surface area (Å²) in [7, 11) is 0. The normalized spacial score (nSPS) is 21.1. The van der Waals surface area contributed by atoms with E-state index in [9.17, 15) is 14.9 Å². The molecule has 4 rings (SSSR count). The third-order valence-electron chi connectivity index (χ3n) is 4.20. The first-order chi connectivity index (χ1) is 13.0. The van der Waals surface area contributed by atoms with E-state index in [4.69, 9.17) is 19.0 Å². The molecule has 2 aromatic carbocycles. The molecule has 2 heterocycles. The highest BCUT2D eigenvalue weighted by Gasteiger charge is 2.32. The lowest BCUT2D eigenvalue weighted by atomic mass is 10.1. The fourth-order valence-corrected chi connectivity index (χ4v) is 2.90. The number of nitro benzene ring substituents is 1. The number of hydrogen-bond acceptors (Lipinski definition) is 7. The number of ether oxygens (including phenoxy) is 3. The number of hydroxylamine groups is 2. The largest absolute Gasteiger partial charge is 0.454 e. The molecule has 1 saturated heterocycles. The van der Waals surface area contributed by atoms with Gasteiger partial charge < -0.3 is 14.2 Å². The van der Waals surface area contributed by atoms with Gasteiger partial charge in [-0.3, -0.25) is 14.9 Å². The first kappa shape index (κ1) is 17.3. The second kappa shape index (κ2) is 6.86. The molecule has 0 saturated carbocycles. The Kier molecular flexibility index (Phi) is 4.38. The molecule has 0 radical (unpaired) electrons. The lowest BCUT2D eigenvalue weighted by molar-refractivity contribution is -0.385. The highest BCUT2D eigenvalue weighted by Crippen LogP contribution is 2.34. The number of rotatable bonds is 3. The minimum Gasteiger partial charge on any atom is -0.454 e. The lowest BCUT2D eigenvalue weighted by Crippen LogP contribution is -2.44. The summed E-state index contributed by atoms with van der Waals surface area (Å²) in [6.07, 6.45) is -1.24. The molecule has 27 heavy (non-hydrogen) atoms.